The number of aromatic nitrogens is 2. The zero-order valence-corrected chi connectivity index (χ0v) is 23.3. The molecule has 0 aliphatic rings. The molecule has 4 rings (SSSR count). The lowest BCUT2D eigenvalue weighted by molar-refractivity contribution is 0.295. The minimum absolute atomic E-state index is 0.291. The summed E-state index contributed by atoms with van der Waals surface area (Å²) in [5.74, 6) is 2.32. The molecular weight excluding hydrogens is 492 g/mol. The zero-order chi connectivity index (χ0) is 26.7. The number of fused-ring (bicyclic) bond motifs is 1. The van der Waals surface area contributed by atoms with Gasteiger partial charge in [-0.3, -0.25) is 0 Å². The SMILES string of the molecule is CCN(CC)CCCC(C)Nc1nc(/C=C/c2ccc(OCc3ccccc3)cc2)nc2cc(Cl)ccc12. The van der Waals surface area contributed by atoms with Gasteiger partial charge in [0.2, 0.25) is 0 Å². The highest BCUT2D eigenvalue weighted by atomic mass is 35.5. The first-order chi connectivity index (χ1) is 18.5. The van der Waals surface area contributed by atoms with Gasteiger partial charge in [0.25, 0.3) is 0 Å². The van der Waals surface area contributed by atoms with Crippen molar-refractivity contribution in [3.8, 4) is 5.75 Å². The highest BCUT2D eigenvalue weighted by molar-refractivity contribution is 6.31. The van der Waals surface area contributed by atoms with Crippen LogP contribution < -0.4 is 10.1 Å². The minimum Gasteiger partial charge on any atom is -0.489 e. The molecule has 0 fully saturated rings. The number of hydrogen-bond acceptors (Lipinski definition) is 5. The van der Waals surface area contributed by atoms with Gasteiger partial charge < -0.3 is 15.0 Å². The van der Waals surface area contributed by atoms with Crippen LogP contribution in [0.5, 0.6) is 5.75 Å². The van der Waals surface area contributed by atoms with Crippen molar-refractivity contribution < 1.29 is 4.74 Å². The molecule has 4 aromatic rings. The Bertz CT molecular complexity index is 1320. The summed E-state index contributed by atoms with van der Waals surface area (Å²) in [7, 11) is 0. The standard InChI is InChI=1S/C32H37ClN4O/c1-4-37(5-2)21-9-10-24(3)34-32-29-19-16-27(33)22-30(29)35-31(36-32)20-15-25-13-17-28(18-14-25)38-23-26-11-7-6-8-12-26/h6-8,11-20,22,24H,4-5,9-10,21,23H2,1-3H3,(H,34,35,36)/b20-15+. The van der Waals surface area contributed by atoms with Gasteiger partial charge in [0.15, 0.2) is 5.82 Å². The first-order valence-corrected chi connectivity index (χ1v) is 13.8. The van der Waals surface area contributed by atoms with Crippen LogP contribution in [0.15, 0.2) is 72.8 Å². The predicted octanol–water partition coefficient (Wildman–Crippen LogP) is 7.96. The molecule has 198 valence electrons. The van der Waals surface area contributed by atoms with Gasteiger partial charge in [-0.15, -0.1) is 0 Å². The molecule has 6 heteroatoms. The molecule has 0 amide bonds. The van der Waals surface area contributed by atoms with Gasteiger partial charge in [-0.1, -0.05) is 74.0 Å². The van der Waals surface area contributed by atoms with Crippen molar-refractivity contribution in [3.63, 3.8) is 0 Å². The van der Waals surface area contributed by atoms with Gasteiger partial charge in [0.05, 0.1) is 5.52 Å². The predicted molar refractivity (Wildman–Crippen MR) is 161 cm³/mol. The third-order valence-corrected chi connectivity index (χ3v) is 6.85. The Labute approximate surface area is 231 Å². The number of nitrogens with zero attached hydrogens (tertiary/aromatic N) is 3. The monoisotopic (exact) mass is 528 g/mol. The summed E-state index contributed by atoms with van der Waals surface area (Å²) in [5, 5.41) is 5.26. The van der Waals surface area contributed by atoms with E-state index in [-0.39, 0.29) is 0 Å². The third-order valence-electron chi connectivity index (χ3n) is 6.62. The quantitative estimate of drug-likeness (QED) is 0.191. The molecule has 0 spiro atoms. The van der Waals surface area contributed by atoms with Crippen LogP contribution in [0.4, 0.5) is 5.82 Å². The van der Waals surface area contributed by atoms with Gasteiger partial charge in [-0.2, -0.15) is 0 Å². The molecule has 3 aromatic carbocycles. The molecule has 38 heavy (non-hydrogen) atoms. The smallest absolute Gasteiger partial charge is 0.154 e. The molecule has 0 saturated carbocycles. The fourth-order valence-electron chi connectivity index (χ4n) is 4.36. The second-order valence-corrected chi connectivity index (χ2v) is 9.92. The number of nitrogens with one attached hydrogen (secondary N) is 1. The molecule has 1 heterocycles. The summed E-state index contributed by atoms with van der Waals surface area (Å²) in [6, 6.07) is 24.3. The Kier molecular flexibility index (Phi) is 10.1. The lowest BCUT2D eigenvalue weighted by atomic mass is 10.1. The maximum atomic E-state index is 6.29. The number of ether oxygens (including phenoxy) is 1. The zero-order valence-electron chi connectivity index (χ0n) is 22.5. The van der Waals surface area contributed by atoms with Gasteiger partial charge in [0.1, 0.15) is 18.2 Å². The van der Waals surface area contributed by atoms with E-state index >= 15 is 0 Å². The highest BCUT2D eigenvalue weighted by Crippen LogP contribution is 2.25. The number of anilines is 1. The van der Waals surface area contributed by atoms with Crippen molar-refractivity contribution in [2.45, 2.75) is 46.3 Å². The second kappa shape index (κ2) is 13.9. The van der Waals surface area contributed by atoms with Crippen molar-refractivity contribution in [3.05, 3.63) is 94.8 Å². The Morgan fingerprint density at radius 1 is 0.947 bits per heavy atom. The average molecular weight is 529 g/mol. The fourth-order valence-corrected chi connectivity index (χ4v) is 4.52. The summed E-state index contributed by atoms with van der Waals surface area (Å²) in [6.07, 6.45) is 6.17. The van der Waals surface area contributed by atoms with Gasteiger partial charge in [0, 0.05) is 16.5 Å². The number of benzene rings is 3. The molecule has 0 radical (unpaired) electrons. The summed E-state index contributed by atoms with van der Waals surface area (Å²) >= 11 is 6.29. The van der Waals surface area contributed by atoms with E-state index in [1.165, 1.54) is 0 Å². The highest BCUT2D eigenvalue weighted by Gasteiger charge is 2.11. The molecule has 0 aliphatic heterocycles. The van der Waals surface area contributed by atoms with Crippen LogP contribution >= 0.6 is 11.6 Å². The van der Waals surface area contributed by atoms with Crippen LogP contribution in [0.3, 0.4) is 0 Å². The van der Waals surface area contributed by atoms with E-state index in [0.29, 0.717) is 23.5 Å². The van der Waals surface area contributed by atoms with Crippen LogP contribution in [0.1, 0.15) is 50.6 Å². The van der Waals surface area contributed by atoms with Gasteiger partial charge >= 0.3 is 0 Å². The van der Waals surface area contributed by atoms with E-state index in [0.717, 1.165) is 66.1 Å². The second-order valence-electron chi connectivity index (χ2n) is 9.48. The van der Waals surface area contributed by atoms with Crippen molar-refractivity contribution in [1.29, 1.82) is 0 Å². The van der Waals surface area contributed by atoms with E-state index in [1.54, 1.807) is 0 Å². The molecule has 0 aliphatic carbocycles. The van der Waals surface area contributed by atoms with Crippen molar-refractivity contribution in [2.75, 3.05) is 25.0 Å². The molecule has 1 aromatic heterocycles. The summed E-state index contributed by atoms with van der Waals surface area (Å²) < 4.78 is 5.90. The van der Waals surface area contributed by atoms with Gasteiger partial charge in [-0.05, 0) is 86.9 Å². The molecule has 5 nitrogen and oxygen atoms in total. The number of hydrogen-bond donors (Lipinski definition) is 1. The normalized spacial score (nSPS) is 12.3. The summed E-state index contributed by atoms with van der Waals surface area (Å²) in [4.78, 5) is 12.1. The fraction of sp³-hybridized carbons (Fsp3) is 0.312. The van der Waals surface area contributed by atoms with Crippen LogP contribution in [0.2, 0.25) is 5.02 Å². The Morgan fingerprint density at radius 3 is 2.45 bits per heavy atom. The molecular formula is C32H37ClN4O. The molecule has 0 saturated heterocycles. The maximum Gasteiger partial charge on any atom is 0.154 e. The van der Waals surface area contributed by atoms with Crippen molar-refractivity contribution in [2.24, 2.45) is 0 Å². The molecule has 1 N–H and O–H groups in total. The van der Waals surface area contributed by atoms with Crippen LogP contribution in [-0.4, -0.2) is 40.5 Å². The van der Waals surface area contributed by atoms with Crippen LogP contribution in [-0.2, 0) is 6.61 Å². The van der Waals surface area contributed by atoms with E-state index in [9.17, 15) is 0 Å². The summed E-state index contributed by atoms with van der Waals surface area (Å²) in [6.45, 7) is 10.5. The third kappa shape index (κ3) is 8.04. The van der Waals surface area contributed by atoms with Crippen molar-refractivity contribution in [1.82, 2.24) is 14.9 Å². The van der Waals surface area contributed by atoms with E-state index < -0.39 is 0 Å². The molecule has 1 atom stereocenters. The van der Waals surface area contributed by atoms with Crippen LogP contribution in [0, 0.1) is 0 Å². The van der Waals surface area contributed by atoms with Crippen molar-refractivity contribution >= 4 is 40.5 Å². The van der Waals surface area contributed by atoms with E-state index in [4.69, 9.17) is 26.3 Å². The maximum absolute atomic E-state index is 6.29. The first-order valence-electron chi connectivity index (χ1n) is 13.4. The number of rotatable bonds is 13. The Morgan fingerprint density at radius 2 is 1.71 bits per heavy atom. The average Bonchev–Trinajstić information content (AvgIpc) is 2.94. The lowest BCUT2D eigenvalue weighted by Crippen LogP contribution is -2.25. The van der Waals surface area contributed by atoms with E-state index in [1.807, 2.05) is 72.8 Å². The van der Waals surface area contributed by atoms with Gasteiger partial charge in [-0.25, -0.2) is 9.97 Å². The van der Waals surface area contributed by atoms with Crippen LogP contribution in [0.25, 0.3) is 23.1 Å². The summed E-state index contributed by atoms with van der Waals surface area (Å²) in [5.41, 5.74) is 3.02. The topological polar surface area (TPSA) is 50.3 Å². The largest absolute Gasteiger partial charge is 0.489 e. The number of halogens is 1. The lowest BCUT2D eigenvalue weighted by Gasteiger charge is -2.20. The minimum atomic E-state index is 0.291. The first kappa shape index (κ1) is 27.6. The Balaban J connectivity index is 1.44. The molecule has 1 unspecified atom stereocenters. The molecule has 0 bridgehead atoms. The Hall–Kier alpha value is -3.41. The van der Waals surface area contributed by atoms with E-state index in [2.05, 4.69) is 43.1 Å².